The first-order valence-electron chi connectivity index (χ1n) is 5.74. The maximum absolute atomic E-state index is 11.9. The van der Waals surface area contributed by atoms with Gasteiger partial charge in [0.25, 0.3) is 0 Å². The molecule has 0 aliphatic heterocycles. The van der Waals surface area contributed by atoms with E-state index in [1.54, 1.807) is 0 Å². The largest absolute Gasteiger partial charge is 0.401 e. The molecule has 0 aliphatic carbocycles. The normalized spacial score (nSPS) is 16.5. The molecule has 0 rings (SSSR count). The first-order chi connectivity index (χ1) is 7.26. The molecule has 1 N–H and O–H groups in total. The molecule has 0 saturated carbocycles. The number of hydrogen-bond acceptors (Lipinski definition) is 2. The maximum atomic E-state index is 11.9. The van der Waals surface area contributed by atoms with Crippen molar-refractivity contribution >= 4 is 0 Å². The Bertz CT molecular complexity index is 183. The van der Waals surface area contributed by atoms with Crippen LogP contribution in [0, 0.1) is 5.92 Å². The molecule has 0 spiro atoms. The first-order valence-corrected chi connectivity index (χ1v) is 5.74. The van der Waals surface area contributed by atoms with Crippen LogP contribution in [0.25, 0.3) is 0 Å². The smallest absolute Gasteiger partial charge is 0.307 e. The van der Waals surface area contributed by atoms with Gasteiger partial charge in [-0.1, -0.05) is 20.3 Å². The van der Waals surface area contributed by atoms with Gasteiger partial charge in [0.2, 0.25) is 0 Å². The summed E-state index contributed by atoms with van der Waals surface area (Å²) in [5.41, 5.74) is 0. The van der Waals surface area contributed by atoms with Crippen molar-refractivity contribution in [3.63, 3.8) is 0 Å². The van der Waals surface area contributed by atoms with E-state index < -0.39 is 12.7 Å². The Morgan fingerprint density at radius 1 is 1.25 bits per heavy atom. The van der Waals surface area contributed by atoms with Crippen LogP contribution in [0.3, 0.4) is 0 Å². The summed E-state index contributed by atoms with van der Waals surface area (Å²) >= 11 is 0. The number of nitrogens with zero attached hydrogens (tertiary/aromatic N) is 1. The van der Waals surface area contributed by atoms with E-state index in [0.717, 1.165) is 13.0 Å². The van der Waals surface area contributed by atoms with Crippen molar-refractivity contribution in [1.82, 2.24) is 10.2 Å². The van der Waals surface area contributed by atoms with E-state index in [1.165, 1.54) is 0 Å². The molecule has 16 heavy (non-hydrogen) atoms. The average molecular weight is 240 g/mol. The van der Waals surface area contributed by atoms with Gasteiger partial charge >= 0.3 is 6.18 Å². The zero-order valence-corrected chi connectivity index (χ0v) is 10.6. The van der Waals surface area contributed by atoms with Gasteiger partial charge in [-0.15, -0.1) is 0 Å². The summed E-state index contributed by atoms with van der Waals surface area (Å²) in [7, 11) is 1.95. The van der Waals surface area contributed by atoms with Gasteiger partial charge in [0, 0.05) is 19.1 Å². The molecule has 0 aromatic carbocycles. The van der Waals surface area contributed by atoms with Crippen molar-refractivity contribution in [3.8, 4) is 0 Å². The monoisotopic (exact) mass is 240 g/mol. The van der Waals surface area contributed by atoms with Crippen molar-refractivity contribution in [2.24, 2.45) is 5.92 Å². The molecule has 2 nitrogen and oxygen atoms in total. The standard InChI is InChI=1S/C11H23F3N2/c1-5-9(2)7-16(4)10(3)6-15-8-11(12,13)14/h9-10,15H,5-8H2,1-4H3. The number of likely N-dealkylation sites (N-methyl/N-ethyl adjacent to an activating group) is 1. The Morgan fingerprint density at radius 3 is 2.25 bits per heavy atom. The summed E-state index contributed by atoms with van der Waals surface area (Å²) in [6.45, 7) is 6.58. The molecule has 0 aliphatic rings. The molecular weight excluding hydrogens is 217 g/mol. The fourth-order valence-electron chi connectivity index (χ4n) is 1.38. The van der Waals surface area contributed by atoms with E-state index in [-0.39, 0.29) is 6.04 Å². The molecule has 0 amide bonds. The van der Waals surface area contributed by atoms with Crippen LogP contribution >= 0.6 is 0 Å². The van der Waals surface area contributed by atoms with Crippen LogP contribution in [0.1, 0.15) is 27.2 Å². The van der Waals surface area contributed by atoms with E-state index >= 15 is 0 Å². The Morgan fingerprint density at radius 2 is 1.81 bits per heavy atom. The Hall–Kier alpha value is -0.290. The zero-order chi connectivity index (χ0) is 12.8. The van der Waals surface area contributed by atoms with Crippen LogP contribution in [0.15, 0.2) is 0 Å². The van der Waals surface area contributed by atoms with E-state index in [4.69, 9.17) is 0 Å². The highest BCUT2D eigenvalue weighted by molar-refractivity contribution is 4.69. The molecule has 0 heterocycles. The van der Waals surface area contributed by atoms with Gasteiger partial charge in [0.1, 0.15) is 0 Å². The quantitative estimate of drug-likeness (QED) is 0.735. The minimum atomic E-state index is -4.12. The summed E-state index contributed by atoms with van der Waals surface area (Å²) in [6, 6.07) is 0.122. The lowest BCUT2D eigenvalue weighted by Crippen LogP contribution is -2.42. The minimum Gasteiger partial charge on any atom is -0.307 e. The third-order valence-electron chi connectivity index (χ3n) is 2.81. The second kappa shape index (κ2) is 7.12. The molecular formula is C11H23F3N2. The summed E-state index contributed by atoms with van der Waals surface area (Å²) in [5, 5.41) is 2.43. The van der Waals surface area contributed by atoms with E-state index in [0.29, 0.717) is 12.5 Å². The van der Waals surface area contributed by atoms with Gasteiger partial charge in [-0.25, -0.2) is 0 Å². The van der Waals surface area contributed by atoms with Gasteiger partial charge in [0.05, 0.1) is 6.54 Å². The maximum Gasteiger partial charge on any atom is 0.401 e. The van der Waals surface area contributed by atoms with E-state index in [9.17, 15) is 13.2 Å². The van der Waals surface area contributed by atoms with Gasteiger partial charge in [-0.3, -0.25) is 0 Å². The van der Waals surface area contributed by atoms with Crippen molar-refractivity contribution in [2.45, 2.75) is 39.4 Å². The SMILES string of the molecule is CCC(C)CN(C)C(C)CNCC(F)(F)F. The van der Waals surface area contributed by atoms with Crippen molar-refractivity contribution in [3.05, 3.63) is 0 Å². The number of nitrogens with one attached hydrogen (secondary N) is 1. The molecule has 0 aromatic rings. The van der Waals surface area contributed by atoms with Crippen LogP contribution in [0.2, 0.25) is 0 Å². The minimum absolute atomic E-state index is 0.122. The highest BCUT2D eigenvalue weighted by Crippen LogP contribution is 2.12. The van der Waals surface area contributed by atoms with Gasteiger partial charge in [-0.2, -0.15) is 13.2 Å². The summed E-state index contributed by atoms with van der Waals surface area (Å²) in [6.07, 6.45) is -3.03. The molecule has 0 radical (unpaired) electrons. The summed E-state index contributed by atoms with van der Waals surface area (Å²) in [5.74, 6) is 0.579. The lowest BCUT2D eigenvalue weighted by atomic mass is 10.1. The molecule has 98 valence electrons. The third-order valence-corrected chi connectivity index (χ3v) is 2.81. The Balaban J connectivity index is 3.75. The molecule has 0 aromatic heterocycles. The average Bonchev–Trinajstić information content (AvgIpc) is 2.15. The van der Waals surface area contributed by atoms with Crippen molar-refractivity contribution in [2.75, 3.05) is 26.7 Å². The van der Waals surface area contributed by atoms with E-state index in [2.05, 4.69) is 24.1 Å². The second-order valence-electron chi connectivity index (χ2n) is 4.55. The topological polar surface area (TPSA) is 15.3 Å². The zero-order valence-electron chi connectivity index (χ0n) is 10.6. The second-order valence-corrected chi connectivity index (χ2v) is 4.55. The molecule has 2 atom stereocenters. The number of hydrogen-bond donors (Lipinski definition) is 1. The first kappa shape index (κ1) is 15.7. The lowest BCUT2D eigenvalue weighted by molar-refractivity contribution is -0.125. The van der Waals surface area contributed by atoms with Crippen molar-refractivity contribution < 1.29 is 13.2 Å². The number of rotatable bonds is 7. The molecule has 2 unspecified atom stereocenters. The van der Waals surface area contributed by atoms with Crippen molar-refractivity contribution in [1.29, 1.82) is 0 Å². The molecule has 0 bridgehead atoms. The van der Waals surface area contributed by atoms with Gasteiger partial charge in [-0.05, 0) is 19.9 Å². The predicted octanol–water partition coefficient (Wildman–Crippen LogP) is 2.50. The Kier molecular flexibility index (Phi) is 6.99. The number of halogens is 3. The highest BCUT2D eigenvalue weighted by Gasteiger charge is 2.26. The van der Waals surface area contributed by atoms with Gasteiger partial charge < -0.3 is 10.2 Å². The number of alkyl halides is 3. The molecule has 5 heteroatoms. The summed E-state index contributed by atoms with van der Waals surface area (Å²) in [4.78, 5) is 2.09. The van der Waals surface area contributed by atoms with E-state index in [1.807, 2.05) is 14.0 Å². The van der Waals surface area contributed by atoms with Gasteiger partial charge in [0.15, 0.2) is 0 Å². The van der Waals surface area contributed by atoms with Crippen LogP contribution in [-0.4, -0.2) is 43.8 Å². The lowest BCUT2D eigenvalue weighted by Gasteiger charge is -2.27. The van der Waals surface area contributed by atoms with Crippen LogP contribution in [0.4, 0.5) is 13.2 Å². The third kappa shape index (κ3) is 7.93. The Labute approximate surface area is 96.2 Å². The highest BCUT2D eigenvalue weighted by atomic mass is 19.4. The fraction of sp³-hybridized carbons (Fsp3) is 1.00. The fourth-order valence-corrected chi connectivity index (χ4v) is 1.38. The molecule has 0 saturated heterocycles. The summed E-state index contributed by atoms with van der Waals surface area (Å²) < 4.78 is 35.7. The predicted molar refractivity (Wildman–Crippen MR) is 60.5 cm³/mol. The van der Waals surface area contributed by atoms with Crippen LogP contribution in [-0.2, 0) is 0 Å². The molecule has 0 fully saturated rings. The van der Waals surface area contributed by atoms with Crippen LogP contribution < -0.4 is 5.32 Å². The van der Waals surface area contributed by atoms with Crippen LogP contribution in [0.5, 0.6) is 0 Å².